The average Bonchev–Trinajstić information content (AvgIpc) is 2.94. The van der Waals surface area contributed by atoms with Crippen molar-refractivity contribution in [3.8, 4) is 0 Å². The van der Waals surface area contributed by atoms with Crippen molar-refractivity contribution >= 4 is 0 Å². The van der Waals surface area contributed by atoms with Crippen LogP contribution in [0, 0.1) is 12.8 Å². The third-order valence-corrected chi connectivity index (χ3v) is 3.44. The highest BCUT2D eigenvalue weighted by molar-refractivity contribution is 5.36. The fourth-order valence-electron chi connectivity index (χ4n) is 2.23. The number of aliphatic hydroxyl groups is 1. The van der Waals surface area contributed by atoms with Crippen LogP contribution >= 0.6 is 0 Å². The van der Waals surface area contributed by atoms with Crippen LogP contribution in [-0.2, 0) is 5.41 Å². The summed E-state index contributed by atoms with van der Waals surface area (Å²) in [5, 5.41) is 9.13. The highest BCUT2D eigenvalue weighted by atomic mass is 16.3. The standard InChI is InChI=1S/C12H17NO/c1-9-2-4-10(5-3-9)12(8-13)6-11(12)7-14/h2-5,11,14H,6-8,13H2,1H3/t11?,12-/m1/s1. The third kappa shape index (κ3) is 1.35. The molecule has 2 nitrogen and oxygen atoms in total. The first kappa shape index (κ1) is 9.69. The van der Waals surface area contributed by atoms with E-state index >= 15 is 0 Å². The maximum absolute atomic E-state index is 9.13. The first-order chi connectivity index (χ1) is 6.73. The number of nitrogens with two attached hydrogens (primary N) is 1. The van der Waals surface area contributed by atoms with Gasteiger partial charge in [-0.3, -0.25) is 0 Å². The van der Waals surface area contributed by atoms with Crippen molar-refractivity contribution in [2.24, 2.45) is 11.7 Å². The van der Waals surface area contributed by atoms with E-state index in [0.717, 1.165) is 6.42 Å². The maximum Gasteiger partial charge on any atom is 0.0468 e. The number of hydrogen-bond donors (Lipinski definition) is 2. The van der Waals surface area contributed by atoms with E-state index in [0.29, 0.717) is 12.5 Å². The number of benzene rings is 1. The molecule has 2 atom stereocenters. The summed E-state index contributed by atoms with van der Waals surface area (Å²) in [4.78, 5) is 0. The Bertz CT molecular complexity index is 320. The van der Waals surface area contributed by atoms with E-state index in [2.05, 4.69) is 31.2 Å². The van der Waals surface area contributed by atoms with Gasteiger partial charge in [0, 0.05) is 18.6 Å². The molecule has 0 spiro atoms. The summed E-state index contributed by atoms with van der Waals surface area (Å²) in [6, 6.07) is 8.49. The molecule has 1 saturated carbocycles. The quantitative estimate of drug-likeness (QED) is 0.754. The van der Waals surface area contributed by atoms with E-state index in [-0.39, 0.29) is 12.0 Å². The Morgan fingerprint density at radius 2 is 2.07 bits per heavy atom. The number of aliphatic hydroxyl groups excluding tert-OH is 1. The molecule has 1 fully saturated rings. The molecule has 1 aromatic carbocycles. The van der Waals surface area contributed by atoms with Gasteiger partial charge >= 0.3 is 0 Å². The van der Waals surface area contributed by atoms with E-state index < -0.39 is 0 Å². The molecule has 2 heteroatoms. The number of rotatable bonds is 3. The lowest BCUT2D eigenvalue weighted by Crippen LogP contribution is -2.23. The second-order valence-corrected chi connectivity index (χ2v) is 4.31. The summed E-state index contributed by atoms with van der Waals surface area (Å²) in [7, 11) is 0. The molecule has 0 aliphatic heterocycles. The fourth-order valence-corrected chi connectivity index (χ4v) is 2.23. The summed E-state index contributed by atoms with van der Waals surface area (Å²) in [6.07, 6.45) is 1.03. The zero-order valence-corrected chi connectivity index (χ0v) is 8.53. The van der Waals surface area contributed by atoms with Crippen molar-refractivity contribution in [2.45, 2.75) is 18.8 Å². The first-order valence-electron chi connectivity index (χ1n) is 5.11. The van der Waals surface area contributed by atoms with Crippen LogP contribution in [0.1, 0.15) is 17.5 Å². The zero-order chi connectivity index (χ0) is 10.2. The predicted octanol–water partition coefficient (Wildman–Crippen LogP) is 1.20. The van der Waals surface area contributed by atoms with Crippen LogP contribution in [0.5, 0.6) is 0 Å². The Morgan fingerprint density at radius 1 is 1.43 bits per heavy atom. The molecule has 76 valence electrons. The Balaban J connectivity index is 2.26. The third-order valence-electron chi connectivity index (χ3n) is 3.44. The molecule has 0 heterocycles. The van der Waals surface area contributed by atoms with Crippen molar-refractivity contribution in [1.82, 2.24) is 0 Å². The monoisotopic (exact) mass is 191 g/mol. The molecule has 0 amide bonds. The second kappa shape index (κ2) is 3.37. The van der Waals surface area contributed by atoms with Gasteiger partial charge in [-0.05, 0) is 24.8 Å². The molecule has 0 bridgehead atoms. The van der Waals surface area contributed by atoms with E-state index in [1.54, 1.807) is 0 Å². The van der Waals surface area contributed by atoms with Gasteiger partial charge in [-0.2, -0.15) is 0 Å². The Hall–Kier alpha value is -0.860. The minimum atomic E-state index is 0.0719. The summed E-state index contributed by atoms with van der Waals surface area (Å²) < 4.78 is 0. The molecular weight excluding hydrogens is 174 g/mol. The van der Waals surface area contributed by atoms with E-state index in [1.165, 1.54) is 11.1 Å². The summed E-state index contributed by atoms with van der Waals surface area (Å²) in [5.74, 6) is 0.371. The van der Waals surface area contributed by atoms with Gasteiger partial charge in [0.2, 0.25) is 0 Å². The van der Waals surface area contributed by atoms with Crippen molar-refractivity contribution in [1.29, 1.82) is 0 Å². The van der Waals surface area contributed by atoms with E-state index in [1.807, 2.05) is 0 Å². The largest absolute Gasteiger partial charge is 0.396 e. The molecule has 2 rings (SSSR count). The molecule has 1 aliphatic carbocycles. The normalized spacial score (nSPS) is 30.4. The van der Waals surface area contributed by atoms with Crippen molar-refractivity contribution in [2.75, 3.05) is 13.2 Å². The average molecular weight is 191 g/mol. The smallest absolute Gasteiger partial charge is 0.0468 e. The highest BCUT2D eigenvalue weighted by Gasteiger charge is 2.53. The van der Waals surface area contributed by atoms with Gasteiger partial charge < -0.3 is 10.8 Å². The van der Waals surface area contributed by atoms with Crippen LogP contribution in [0.15, 0.2) is 24.3 Å². The van der Waals surface area contributed by atoms with E-state index in [4.69, 9.17) is 10.8 Å². The van der Waals surface area contributed by atoms with Gasteiger partial charge in [0.15, 0.2) is 0 Å². The lowest BCUT2D eigenvalue weighted by molar-refractivity contribution is 0.264. The topological polar surface area (TPSA) is 46.2 Å². The van der Waals surface area contributed by atoms with Gasteiger partial charge in [-0.1, -0.05) is 29.8 Å². The first-order valence-corrected chi connectivity index (χ1v) is 5.11. The van der Waals surface area contributed by atoms with Gasteiger partial charge in [0.1, 0.15) is 0 Å². The van der Waals surface area contributed by atoms with Crippen LogP contribution in [0.25, 0.3) is 0 Å². The van der Waals surface area contributed by atoms with Crippen LogP contribution in [-0.4, -0.2) is 18.3 Å². The maximum atomic E-state index is 9.13. The van der Waals surface area contributed by atoms with Gasteiger partial charge in [-0.25, -0.2) is 0 Å². The minimum absolute atomic E-state index is 0.0719. The Labute approximate surface area is 84.7 Å². The SMILES string of the molecule is Cc1ccc([C@]2(CN)CC2CO)cc1. The molecule has 3 N–H and O–H groups in total. The lowest BCUT2D eigenvalue weighted by Gasteiger charge is -2.15. The Kier molecular flexibility index (Phi) is 2.33. The Morgan fingerprint density at radius 3 is 2.50 bits per heavy atom. The highest BCUT2D eigenvalue weighted by Crippen LogP contribution is 2.53. The molecular formula is C12H17NO. The van der Waals surface area contributed by atoms with Crippen LogP contribution in [0.4, 0.5) is 0 Å². The minimum Gasteiger partial charge on any atom is -0.396 e. The molecule has 1 unspecified atom stereocenters. The van der Waals surface area contributed by atoms with Crippen LogP contribution < -0.4 is 5.73 Å². The molecule has 0 radical (unpaired) electrons. The molecule has 1 aliphatic rings. The van der Waals surface area contributed by atoms with Crippen molar-refractivity contribution in [3.05, 3.63) is 35.4 Å². The molecule has 14 heavy (non-hydrogen) atoms. The second-order valence-electron chi connectivity index (χ2n) is 4.31. The van der Waals surface area contributed by atoms with Crippen LogP contribution in [0.3, 0.4) is 0 Å². The predicted molar refractivity (Wildman–Crippen MR) is 57.1 cm³/mol. The number of aryl methyl sites for hydroxylation is 1. The van der Waals surface area contributed by atoms with Gasteiger partial charge in [0.05, 0.1) is 0 Å². The van der Waals surface area contributed by atoms with E-state index in [9.17, 15) is 0 Å². The molecule has 0 aromatic heterocycles. The molecule has 0 saturated heterocycles. The molecule has 1 aromatic rings. The summed E-state index contributed by atoms with van der Waals surface area (Å²) in [6.45, 7) is 2.97. The number of hydrogen-bond acceptors (Lipinski definition) is 2. The fraction of sp³-hybridized carbons (Fsp3) is 0.500. The van der Waals surface area contributed by atoms with Crippen LogP contribution in [0.2, 0.25) is 0 Å². The van der Waals surface area contributed by atoms with Gasteiger partial charge in [-0.15, -0.1) is 0 Å². The van der Waals surface area contributed by atoms with Crippen molar-refractivity contribution in [3.63, 3.8) is 0 Å². The summed E-state index contributed by atoms with van der Waals surface area (Å²) >= 11 is 0. The lowest BCUT2D eigenvalue weighted by atomic mass is 9.93. The summed E-state index contributed by atoms with van der Waals surface area (Å²) in [5.41, 5.74) is 8.41. The van der Waals surface area contributed by atoms with Gasteiger partial charge in [0.25, 0.3) is 0 Å². The van der Waals surface area contributed by atoms with Crippen molar-refractivity contribution < 1.29 is 5.11 Å². The zero-order valence-electron chi connectivity index (χ0n) is 8.53.